The van der Waals surface area contributed by atoms with Gasteiger partial charge in [-0.05, 0) is 24.1 Å². The van der Waals surface area contributed by atoms with Crippen LogP contribution >= 0.6 is 23.2 Å². The molecule has 0 aliphatic rings. The van der Waals surface area contributed by atoms with Gasteiger partial charge in [-0.25, -0.2) is 0 Å². The molecule has 0 bridgehead atoms. The van der Waals surface area contributed by atoms with Crippen molar-refractivity contribution in [2.45, 2.75) is 19.8 Å². The van der Waals surface area contributed by atoms with Crippen LogP contribution < -0.4 is 5.32 Å². The van der Waals surface area contributed by atoms with Gasteiger partial charge in [-0.2, -0.15) is 0 Å². The zero-order chi connectivity index (χ0) is 14.4. The van der Waals surface area contributed by atoms with Crippen LogP contribution in [-0.4, -0.2) is 23.5 Å². The third kappa shape index (κ3) is 5.49. The van der Waals surface area contributed by atoms with Gasteiger partial charge in [-0.15, -0.1) is 0 Å². The molecule has 19 heavy (non-hydrogen) atoms. The number of aliphatic carboxylic acids is 1. The van der Waals surface area contributed by atoms with E-state index in [1.807, 2.05) is 0 Å². The van der Waals surface area contributed by atoms with E-state index in [0.717, 1.165) is 5.56 Å². The lowest BCUT2D eigenvalue weighted by atomic mass is 10.1. The Labute approximate surface area is 121 Å². The molecular formula is C13H15Cl2NO3. The quantitative estimate of drug-likeness (QED) is 0.849. The lowest BCUT2D eigenvalue weighted by Gasteiger charge is -2.09. The summed E-state index contributed by atoms with van der Waals surface area (Å²) in [6.07, 6.45) is 0.747. The van der Waals surface area contributed by atoms with Gasteiger partial charge in [-0.1, -0.05) is 36.2 Å². The molecule has 0 aliphatic carbocycles. The minimum absolute atomic E-state index is 0.127. The Hall–Kier alpha value is -1.26. The first-order valence-corrected chi connectivity index (χ1v) is 6.59. The average molecular weight is 304 g/mol. The summed E-state index contributed by atoms with van der Waals surface area (Å²) in [4.78, 5) is 22.1. The fourth-order valence-corrected chi connectivity index (χ4v) is 1.92. The molecule has 0 spiro atoms. The average Bonchev–Trinajstić information content (AvgIpc) is 2.34. The van der Waals surface area contributed by atoms with Gasteiger partial charge >= 0.3 is 5.97 Å². The summed E-state index contributed by atoms with van der Waals surface area (Å²) in [5, 5.41) is 12.3. The maximum absolute atomic E-state index is 11.5. The Bertz CT molecular complexity index is 477. The Morgan fingerprint density at radius 2 is 2.05 bits per heavy atom. The second kappa shape index (κ2) is 7.36. The van der Waals surface area contributed by atoms with Crippen molar-refractivity contribution in [3.05, 3.63) is 33.8 Å². The van der Waals surface area contributed by atoms with Gasteiger partial charge in [0.05, 0.1) is 5.92 Å². The number of carboxylic acid groups (broad SMARTS) is 1. The molecule has 104 valence electrons. The Morgan fingerprint density at radius 3 is 2.63 bits per heavy atom. The lowest BCUT2D eigenvalue weighted by Crippen LogP contribution is -2.31. The smallest absolute Gasteiger partial charge is 0.308 e. The number of carbonyl (C=O) groups is 2. The summed E-state index contributed by atoms with van der Waals surface area (Å²) in [6, 6.07) is 5.12. The zero-order valence-electron chi connectivity index (χ0n) is 10.5. The van der Waals surface area contributed by atoms with Crippen molar-refractivity contribution in [3.8, 4) is 0 Å². The molecule has 4 nitrogen and oxygen atoms in total. The van der Waals surface area contributed by atoms with E-state index in [1.54, 1.807) is 25.1 Å². The number of carboxylic acids is 1. The van der Waals surface area contributed by atoms with E-state index >= 15 is 0 Å². The molecule has 2 N–H and O–H groups in total. The number of rotatable bonds is 6. The Morgan fingerprint density at radius 1 is 1.37 bits per heavy atom. The molecule has 0 radical (unpaired) electrons. The number of aryl methyl sites for hydroxylation is 1. The number of hydrogen-bond acceptors (Lipinski definition) is 2. The van der Waals surface area contributed by atoms with Crippen LogP contribution in [0.15, 0.2) is 18.2 Å². The van der Waals surface area contributed by atoms with E-state index in [2.05, 4.69) is 5.32 Å². The van der Waals surface area contributed by atoms with Crippen molar-refractivity contribution in [1.29, 1.82) is 0 Å². The SMILES string of the molecule is CC(CNC(=O)CCc1ccc(Cl)cc1Cl)C(=O)O. The summed E-state index contributed by atoms with van der Waals surface area (Å²) in [5.41, 5.74) is 0.840. The Kier molecular flexibility index (Phi) is 6.12. The maximum Gasteiger partial charge on any atom is 0.308 e. The Balaban J connectivity index is 2.40. The highest BCUT2D eigenvalue weighted by Crippen LogP contribution is 2.21. The van der Waals surface area contributed by atoms with Crippen molar-refractivity contribution < 1.29 is 14.7 Å². The maximum atomic E-state index is 11.5. The largest absolute Gasteiger partial charge is 0.481 e. The first-order chi connectivity index (χ1) is 8.90. The summed E-state index contributed by atoms with van der Waals surface area (Å²) in [5.74, 6) is -1.72. The second-order valence-electron chi connectivity index (χ2n) is 4.28. The highest BCUT2D eigenvalue weighted by atomic mass is 35.5. The molecule has 1 aromatic carbocycles. The van der Waals surface area contributed by atoms with Crippen LogP contribution in [0.5, 0.6) is 0 Å². The predicted octanol–water partition coefficient (Wildman–Crippen LogP) is 2.76. The topological polar surface area (TPSA) is 66.4 Å². The number of hydrogen-bond donors (Lipinski definition) is 2. The van der Waals surface area contributed by atoms with Gasteiger partial charge in [0.25, 0.3) is 0 Å². The molecular weight excluding hydrogens is 289 g/mol. The van der Waals surface area contributed by atoms with Gasteiger partial charge < -0.3 is 10.4 Å². The molecule has 1 amide bonds. The molecule has 0 fully saturated rings. The van der Waals surface area contributed by atoms with Gasteiger partial charge in [0, 0.05) is 23.0 Å². The number of nitrogens with one attached hydrogen (secondary N) is 1. The van der Waals surface area contributed by atoms with Crippen LogP contribution in [0.3, 0.4) is 0 Å². The van der Waals surface area contributed by atoms with Crippen molar-refractivity contribution >= 4 is 35.1 Å². The van der Waals surface area contributed by atoms with E-state index in [9.17, 15) is 9.59 Å². The number of amides is 1. The van der Waals surface area contributed by atoms with E-state index in [1.165, 1.54) is 0 Å². The lowest BCUT2D eigenvalue weighted by molar-refractivity contribution is -0.141. The summed E-state index contributed by atoms with van der Waals surface area (Å²) < 4.78 is 0. The van der Waals surface area contributed by atoms with E-state index in [4.69, 9.17) is 28.3 Å². The molecule has 0 heterocycles. The van der Waals surface area contributed by atoms with Crippen molar-refractivity contribution in [1.82, 2.24) is 5.32 Å². The fourth-order valence-electron chi connectivity index (χ4n) is 1.42. The third-order valence-electron chi connectivity index (χ3n) is 2.66. The summed E-state index contributed by atoms with van der Waals surface area (Å²) >= 11 is 11.8. The van der Waals surface area contributed by atoms with Crippen LogP contribution in [0.4, 0.5) is 0 Å². The van der Waals surface area contributed by atoms with E-state index in [-0.39, 0.29) is 18.9 Å². The number of benzene rings is 1. The monoisotopic (exact) mass is 303 g/mol. The van der Waals surface area contributed by atoms with Gasteiger partial charge in [0.2, 0.25) is 5.91 Å². The highest BCUT2D eigenvalue weighted by molar-refractivity contribution is 6.35. The molecule has 1 rings (SSSR count). The molecule has 1 atom stereocenters. The summed E-state index contributed by atoms with van der Waals surface area (Å²) in [7, 11) is 0. The first kappa shape index (κ1) is 15.8. The van der Waals surface area contributed by atoms with Crippen LogP contribution in [0.1, 0.15) is 18.9 Å². The van der Waals surface area contributed by atoms with Crippen molar-refractivity contribution in [2.75, 3.05) is 6.54 Å². The molecule has 0 saturated heterocycles. The minimum Gasteiger partial charge on any atom is -0.481 e. The molecule has 6 heteroatoms. The normalized spacial score (nSPS) is 11.9. The molecule has 1 unspecified atom stereocenters. The summed E-state index contributed by atoms with van der Waals surface area (Å²) in [6.45, 7) is 1.67. The second-order valence-corrected chi connectivity index (χ2v) is 5.12. The van der Waals surface area contributed by atoms with Gasteiger partial charge in [-0.3, -0.25) is 9.59 Å². The minimum atomic E-state index is -0.930. The molecule has 0 aliphatic heterocycles. The zero-order valence-corrected chi connectivity index (χ0v) is 12.0. The van der Waals surface area contributed by atoms with Crippen LogP contribution in [-0.2, 0) is 16.0 Å². The highest BCUT2D eigenvalue weighted by Gasteiger charge is 2.12. The van der Waals surface area contributed by atoms with Crippen LogP contribution in [0, 0.1) is 5.92 Å². The van der Waals surface area contributed by atoms with Crippen molar-refractivity contribution in [2.24, 2.45) is 5.92 Å². The predicted molar refractivity (Wildman–Crippen MR) is 74.6 cm³/mol. The molecule has 0 saturated carbocycles. The molecule has 0 aromatic heterocycles. The third-order valence-corrected chi connectivity index (χ3v) is 3.25. The van der Waals surface area contributed by atoms with Crippen LogP contribution in [0.25, 0.3) is 0 Å². The van der Waals surface area contributed by atoms with Crippen LogP contribution in [0.2, 0.25) is 10.0 Å². The van der Waals surface area contributed by atoms with E-state index in [0.29, 0.717) is 16.5 Å². The fraction of sp³-hybridized carbons (Fsp3) is 0.385. The first-order valence-electron chi connectivity index (χ1n) is 5.83. The van der Waals surface area contributed by atoms with Crippen molar-refractivity contribution in [3.63, 3.8) is 0 Å². The van der Waals surface area contributed by atoms with E-state index < -0.39 is 11.9 Å². The number of carbonyl (C=O) groups excluding carboxylic acids is 1. The standard InChI is InChI=1S/C13H15Cl2NO3/c1-8(13(18)19)7-16-12(17)5-3-9-2-4-10(14)6-11(9)15/h2,4,6,8H,3,5,7H2,1H3,(H,16,17)(H,18,19). The van der Waals surface area contributed by atoms with Gasteiger partial charge in [0.15, 0.2) is 0 Å². The van der Waals surface area contributed by atoms with Gasteiger partial charge in [0.1, 0.15) is 0 Å². The molecule has 1 aromatic rings. The number of halogens is 2.